The molecule has 2 aliphatic rings. The predicted octanol–water partition coefficient (Wildman–Crippen LogP) is 2.40. The van der Waals surface area contributed by atoms with Gasteiger partial charge < -0.3 is 14.4 Å². The molecule has 0 radical (unpaired) electrons. The number of amides is 4. The standard InChI is InChI=1S/C26H24N6O3/c1-29(2)26(35)30-11-9-16-6-5-7-17-18(15-31(13-12-30)23(16)17)21-22(25(34)28-24(21)33)19-14-27-20-8-3-4-10-32(19)20/h3-8,10,14-15H,9,11-13H2,1-2H3,(H,28,33,34). The Morgan fingerprint density at radius 1 is 1.00 bits per heavy atom. The van der Waals surface area contributed by atoms with E-state index >= 15 is 0 Å². The Labute approximate surface area is 201 Å². The van der Waals surface area contributed by atoms with Gasteiger partial charge in [-0.3, -0.25) is 19.3 Å². The number of benzene rings is 1. The first-order chi connectivity index (χ1) is 16.9. The molecule has 176 valence electrons. The Kier molecular flexibility index (Phi) is 4.73. The van der Waals surface area contributed by atoms with Gasteiger partial charge in [0.25, 0.3) is 11.8 Å². The molecule has 9 heteroatoms. The highest BCUT2D eigenvalue weighted by atomic mass is 16.2. The van der Waals surface area contributed by atoms with E-state index in [0.29, 0.717) is 54.1 Å². The fourth-order valence-corrected chi connectivity index (χ4v) is 5.16. The van der Waals surface area contributed by atoms with Crippen molar-refractivity contribution in [2.75, 3.05) is 27.2 Å². The molecular weight excluding hydrogens is 444 g/mol. The average Bonchev–Trinajstić information content (AvgIpc) is 3.50. The number of urea groups is 1. The second kappa shape index (κ2) is 7.83. The smallest absolute Gasteiger partial charge is 0.319 e. The highest BCUT2D eigenvalue weighted by Crippen LogP contribution is 2.37. The third-order valence-corrected chi connectivity index (χ3v) is 6.77. The van der Waals surface area contributed by atoms with Gasteiger partial charge in [0.15, 0.2) is 0 Å². The van der Waals surface area contributed by atoms with Crippen molar-refractivity contribution in [3.05, 3.63) is 71.8 Å². The normalized spacial score (nSPS) is 16.1. The maximum atomic E-state index is 13.1. The highest BCUT2D eigenvalue weighted by Gasteiger charge is 2.36. The molecule has 1 aromatic carbocycles. The number of imide groups is 1. The van der Waals surface area contributed by atoms with Crippen LogP contribution in [0.3, 0.4) is 0 Å². The van der Waals surface area contributed by atoms with Crippen LogP contribution in [0.2, 0.25) is 0 Å². The molecule has 0 atom stereocenters. The summed E-state index contributed by atoms with van der Waals surface area (Å²) in [6.07, 6.45) is 6.10. The number of pyridine rings is 1. The lowest BCUT2D eigenvalue weighted by Crippen LogP contribution is -2.42. The zero-order chi connectivity index (χ0) is 24.3. The van der Waals surface area contributed by atoms with Crippen molar-refractivity contribution >= 4 is 45.5 Å². The molecule has 4 amide bonds. The minimum absolute atomic E-state index is 0.0219. The molecule has 0 fully saturated rings. The molecular formula is C26H24N6O3. The Morgan fingerprint density at radius 2 is 1.83 bits per heavy atom. The second-order valence-electron chi connectivity index (χ2n) is 9.07. The van der Waals surface area contributed by atoms with Gasteiger partial charge in [0.2, 0.25) is 0 Å². The average molecular weight is 469 g/mol. The lowest BCUT2D eigenvalue weighted by atomic mass is 9.97. The van der Waals surface area contributed by atoms with E-state index in [1.807, 2.05) is 52.0 Å². The number of hydrogen-bond donors (Lipinski definition) is 1. The fourth-order valence-electron chi connectivity index (χ4n) is 5.16. The summed E-state index contributed by atoms with van der Waals surface area (Å²) in [6.45, 7) is 1.76. The summed E-state index contributed by atoms with van der Waals surface area (Å²) in [4.78, 5) is 46.6. The summed E-state index contributed by atoms with van der Waals surface area (Å²) >= 11 is 0. The van der Waals surface area contributed by atoms with Crippen LogP contribution in [0.5, 0.6) is 0 Å². The number of nitrogens with zero attached hydrogens (tertiary/aromatic N) is 5. The third kappa shape index (κ3) is 3.23. The van der Waals surface area contributed by atoms with Gasteiger partial charge in [-0.05, 0) is 24.1 Å². The number of imidazole rings is 1. The highest BCUT2D eigenvalue weighted by molar-refractivity contribution is 6.49. The molecule has 9 nitrogen and oxygen atoms in total. The molecule has 0 spiro atoms. The largest absolute Gasteiger partial charge is 0.345 e. The third-order valence-electron chi connectivity index (χ3n) is 6.77. The SMILES string of the molecule is CN(C)C(=O)N1CCc2cccc3c(C4=C(c5cnc6ccccn56)C(=O)NC4=O)cn(c23)CC1. The maximum absolute atomic E-state index is 13.1. The van der Waals surface area contributed by atoms with Crippen molar-refractivity contribution in [2.45, 2.75) is 13.0 Å². The molecule has 0 unspecified atom stereocenters. The van der Waals surface area contributed by atoms with Gasteiger partial charge in [-0.1, -0.05) is 24.3 Å². The molecule has 2 aliphatic heterocycles. The van der Waals surface area contributed by atoms with Crippen LogP contribution in [0.25, 0.3) is 27.7 Å². The van der Waals surface area contributed by atoms with Crippen LogP contribution < -0.4 is 5.32 Å². The van der Waals surface area contributed by atoms with Gasteiger partial charge in [0, 0.05) is 57.1 Å². The molecule has 3 aromatic heterocycles. The minimum Gasteiger partial charge on any atom is -0.345 e. The van der Waals surface area contributed by atoms with Crippen molar-refractivity contribution < 1.29 is 14.4 Å². The Morgan fingerprint density at radius 3 is 2.66 bits per heavy atom. The Hall–Kier alpha value is -4.40. The second-order valence-corrected chi connectivity index (χ2v) is 9.07. The first kappa shape index (κ1) is 21.2. The Balaban J connectivity index is 1.54. The molecule has 5 heterocycles. The molecule has 0 bridgehead atoms. The van der Waals surface area contributed by atoms with Crippen LogP contribution in [0.15, 0.2) is 55.0 Å². The monoisotopic (exact) mass is 468 g/mol. The molecule has 4 aromatic rings. The van der Waals surface area contributed by atoms with Crippen molar-refractivity contribution in [2.24, 2.45) is 0 Å². The van der Waals surface area contributed by atoms with Crippen LogP contribution >= 0.6 is 0 Å². The van der Waals surface area contributed by atoms with E-state index in [1.165, 1.54) is 0 Å². The summed E-state index contributed by atoms with van der Waals surface area (Å²) < 4.78 is 3.92. The lowest BCUT2D eigenvalue weighted by molar-refractivity contribution is -0.122. The summed E-state index contributed by atoms with van der Waals surface area (Å²) in [6, 6.07) is 11.6. The number of carbonyl (C=O) groups excluding carboxylic acids is 3. The van der Waals surface area contributed by atoms with Crippen LogP contribution in [-0.4, -0.2) is 68.8 Å². The molecule has 0 saturated heterocycles. The van der Waals surface area contributed by atoms with E-state index in [2.05, 4.69) is 20.9 Å². The van der Waals surface area contributed by atoms with Gasteiger partial charge in [-0.2, -0.15) is 0 Å². The van der Waals surface area contributed by atoms with Crippen LogP contribution in [-0.2, 0) is 22.6 Å². The molecule has 6 rings (SSSR count). The zero-order valence-corrected chi connectivity index (χ0v) is 19.5. The van der Waals surface area contributed by atoms with Crippen molar-refractivity contribution in [1.82, 2.24) is 29.1 Å². The van der Waals surface area contributed by atoms with Gasteiger partial charge >= 0.3 is 6.03 Å². The Bertz CT molecular complexity index is 1570. The minimum atomic E-state index is -0.431. The number of fused-ring (bicyclic) bond motifs is 1. The van der Waals surface area contributed by atoms with Gasteiger partial charge in [-0.15, -0.1) is 0 Å². The van der Waals surface area contributed by atoms with E-state index in [4.69, 9.17) is 0 Å². The maximum Gasteiger partial charge on any atom is 0.319 e. The molecule has 0 aliphatic carbocycles. The van der Waals surface area contributed by atoms with E-state index in [1.54, 1.807) is 25.2 Å². The number of para-hydroxylation sites is 1. The quantitative estimate of drug-likeness (QED) is 0.458. The van der Waals surface area contributed by atoms with Gasteiger partial charge in [0.05, 0.1) is 28.6 Å². The van der Waals surface area contributed by atoms with Crippen molar-refractivity contribution in [3.63, 3.8) is 0 Å². The first-order valence-corrected chi connectivity index (χ1v) is 11.5. The van der Waals surface area contributed by atoms with Crippen molar-refractivity contribution in [3.8, 4) is 0 Å². The van der Waals surface area contributed by atoms with Crippen LogP contribution in [0.1, 0.15) is 16.8 Å². The summed E-state index contributed by atoms with van der Waals surface area (Å²) in [7, 11) is 3.51. The summed E-state index contributed by atoms with van der Waals surface area (Å²) in [5.41, 5.74) is 4.78. The fraction of sp³-hybridized carbons (Fsp3) is 0.231. The van der Waals surface area contributed by atoms with E-state index in [0.717, 1.165) is 16.5 Å². The zero-order valence-electron chi connectivity index (χ0n) is 19.5. The summed E-state index contributed by atoms with van der Waals surface area (Å²) in [5, 5.41) is 3.41. The van der Waals surface area contributed by atoms with E-state index in [-0.39, 0.29) is 6.03 Å². The molecule has 0 saturated carbocycles. The van der Waals surface area contributed by atoms with E-state index < -0.39 is 11.8 Å². The van der Waals surface area contributed by atoms with Crippen LogP contribution in [0.4, 0.5) is 4.79 Å². The number of rotatable bonds is 2. The van der Waals surface area contributed by atoms with Crippen molar-refractivity contribution in [1.29, 1.82) is 0 Å². The van der Waals surface area contributed by atoms with Gasteiger partial charge in [-0.25, -0.2) is 9.78 Å². The molecule has 1 N–H and O–H groups in total. The number of carbonyl (C=O) groups is 3. The number of nitrogens with one attached hydrogen (secondary N) is 1. The molecule has 35 heavy (non-hydrogen) atoms. The van der Waals surface area contributed by atoms with E-state index in [9.17, 15) is 14.4 Å². The number of hydrogen-bond acceptors (Lipinski definition) is 4. The van der Waals surface area contributed by atoms with Crippen LogP contribution in [0, 0.1) is 0 Å². The predicted molar refractivity (Wildman–Crippen MR) is 131 cm³/mol. The number of aromatic nitrogens is 3. The lowest BCUT2D eigenvalue weighted by Gasteiger charge is -2.28. The van der Waals surface area contributed by atoms with Gasteiger partial charge in [0.1, 0.15) is 5.65 Å². The first-order valence-electron chi connectivity index (χ1n) is 11.5. The topological polar surface area (TPSA) is 92.0 Å². The summed E-state index contributed by atoms with van der Waals surface area (Å²) in [5.74, 6) is -0.848.